The van der Waals surface area contributed by atoms with Crippen LogP contribution in [0.4, 0.5) is 11.4 Å². The first-order chi connectivity index (χ1) is 17.0. The van der Waals surface area contributed by atoms with Gasteiger partial charge in [0.1, 0.15) is 10.6 Å². The average Bonchev–Trinajstić information content (AvgIpc) is 3.17. The summed E-state index contributed by atoms with van der Waals surface area (Å²) in [6.07, 6.45) is 0.402. The first-order valence-corrected chi connectivity index (χ1v) is 12.9. The smallest absolute Gasteiger partial charge is 0.326 e. The Labute approximate surface area is 210 Å². The third-order valence-corrected chi connectivity index (χ3v) is 7.37. The molecule has 0 radical (unpaired) electrons. The van der Waals surface area contributed by atoms with Gasteiger partial charge in [0.15, 0.2) is 5.92 Å². The molecule has 3 rings (SSSR count). The van der Waals surface area contributed by atoms with E-state index in [2.05, 4.69) is 15.5 Å². The van der Waals surface area contributed by atoms with Gasteiger partial charge in [-0.05, 0) is 32.0 Å². The molecule has 2 fully saturated rings. The number of benzene rings is 1. The molecule has 3 unspecified atom stereocenters. The molecular formula is C24H33N5O5S. The minimum absolute atomic E-state index is 0.0573. The van der Waals surface area contributed by atoms with Gasteiger partial charge in [0.25, 0.3) is 0 Å². The highest BCUT2D eigenvalue weighted by molar-refractivity contribution is 8.01. The Kier molecular flexibility index (Phi) is 10.2. The van der Waals surface area contributed by atoms with Crippen LogP contribution in [0.3, 0.4) is 0 Å². The topological polar surface area (TPSA) is 124 Å². The number of rotatable bonds is 11. The maximum Gasteiger partial charge on any atom is 0.326 e. The van der Waals surface area contributed by atoms with E-state index >= 15 is 0 Å². The molecule has 0 aromatic heterocycles. The molecule has 2 aliphatic heterocycles. The molecule has 35 heavy (non-hydrogen) atoms. The predicted molar refractivity (Wildman–Crippen MR) is 134 cm³/mol. The molecule has 3 atom stereocenters. The van der Waals surface area contributed by atoms with Crippen molar-refractivity contribution < 1.29 is 23.9 Å². The molecular weight excluding hydrogens is 470 g/mol. The molecule has 0 aliphatic carbocycles. The van der Waals surface area contributed by atoms with Crippen LogP contribution in [-0.4, -0.2) is 90.8 Å². The summed E-state index contributed by atoms with van der Waals surface area (Å²) in [6, 6.07) is 9.34. The van der Waals surface area contributed by atoms with Crippen molar-refractivity contribution in [2.75, 3.05) is 63.2 Å². The number of carbonyl (C=O) groups excluding carboxylic acids is 3. The first-order valence-electron chi connectivity index (χ1n) is 11.9. The maximum absolute atomic E-state index is 12.9. The van der Waals surface area contributed by atoms with E-state index in [0.29, 0.717) is 45.0 Å². The molecule has 1 aromatic carbocycles. The van der Waals surface area contributed by atoms with Crippen LogP contribution in [0.5, 0.6) is 0 Å². The number of anilines is 2. The number of nitrogens with zero attached hydrogens (tertiary/aromatic N) is 3. The number of esters is 1. The summed E-state index contributed by atoms with van der Waals surface area (Å²) in [4.78, 5) is 41.3. The summed E-state index contributed by atoms with van der Waals surface area (Å²) in [6.45, 7) is 8.20. The van der Waals surface area contributed by atoms with Gasteiger partial charge in [-0.2, -0.15) is 5.26 Å². The van der Waals surface area contributed by atoms with Gasteiger partial charge in [0, 0.05) is 50.5 Å². The Bertz CT molecular complexity index is 933. The van der Waals surface area contributed by atoms with Crippen molar-refractivity contribution in [3.8, 4) is 6.07 Å². The van der Waals surface area contributed by atoms with Gasteiger partial charge < -0.3 is 25.0 Å². The van der Waals surface area contributed by atoms with E-state index in [9.17, 15) is 19.6 Å². The minimum Gasteiger partial charge on any atom is -0.465 e. The number of amides is 2. The van der Waals surface area contributed by atoms with Crippen molar-refractivity contribution in [3.63, 3.8) is 0 Å². The lowest BCUT2D eigenvalue weighted by Gasteiger charge is -2.26. The number of ether oxygens (including phenoxy) is 2. The molecule has 1 aromatic rings. The van der Waals surface area contributed by atoms with Gasteiger partial charge >= 0.3 is 5.97 Å². The van der Waals surface area contributed by atoms with E-state index in [0.717, 1.165) is 18.8 Å². The van der Waals surface area contributed by atoms with Crippen molar-refractivity contribution in [3.05, 3.63) is 24.3 Å². The third kappa shape index (κ3) is 7.34. The number of morpholine rings is 1. The normalized spacial score (nSPS) is 21.3. The van der Waals surface area contributed by atoms with Crippen molar-refractivity contribution in [2.45, 2.75) is 30.9 Å². The van der Waals surface area contributed by atoms with Gasteiger partial charge in [-0.25, -0.2) is 0 Å². The molecule has 2 aliphatic rings. The molecule has 2 N–H and O–H groups in total. The van der Waals surface area contributed by atoms with Gasteiger partial charge in [0.2, 0.25) is 11.8 Å². The van der Waals surface area contributed by atoms with Crippen LogP contribution in [0, 0.1) is 17.2 Å². The number of hydrogen-bond acceptors (Lipinski definition) is 9. The Morgan fingerprint density at radius 2 is 2.03 bits per heavy atom. The second-order valence-electron chi connectivity index (χ2n) is 8.21. The van der Waals surface area contributed by atoms with E-state index in [1.807, 2.05) is 37.3 Å². The van der Waals surface area contributed by atoms with Crippen molar-refractivity contribution in [1.29, 1.82) is 5.26 Å². The second-order valence-corrected chi connectivity index (χ2v) is 9.54. The summed E-state index contributed by atoms with van der Waals surface area (Å²) in [5.41, 5.74) is 1.44. The van der Waals surface area contributed by atoms with E-state index in [-0.39, 0.29) is 18.4 Å². The highest BCUT2D eigenvalue weighted by Crippen LogP contribution is 2.36. The number of nitriles is 1. The van der Waals surface area contributed by atoms with Gasteiger partial charge in [-0.15, -0.1) is 11.8 Å². The fourth-order valence-electron chi connectivity index (χ4n) is 4.03. The van der Waals surface area contributed by atoms with E-state index in [1.54, 1.807) is 11.8 Å². The van der Waals surface area contributed by atoms with Gasteiger partial charge in [0.05, 0.1) is 25.9 Å². The molecule has 0 saturated carbocycles. The fraction of sp³-hybridized carbons (Fsp3) is 0.583. The summed E-state index contributed by atoms with van der Waals surface area (Å²) < 4.78 is 10.4. The summed E-state index contributed by atoms with van der Waals surface area (Å²) in [5, 5.41) is 14.7. The van der Waals surface area contributed by atoms with E-state index < -0.39 is 22.5 Å². The highest BCUT2D eigenvalue weighted by Gasteiger charge is 2.46. The number of hydrogen-bond donors (Lipinski definition) is 2. The number of carbonyl (C=O) groups is 3. The zero-order chi connectivity index (χ0) is 25.2. The van der Waals surface area contributed by atoms with Gasteiger partial charge in [-0.1, -0.05) is 6.07 Å². The van der Waals surface area contributed by atoms with Crippen LogP contribution < -0.4 is 10.6 Å². The van der Waals surface area contributed by atoms with Crippen LogP contribution in [0.2, 0.25) is 0 Å². The Hall–Kier alpha value is -2.81. The van der Waals surface area contributed by atoms with Crippen molar-refractivity contribution in [2.24, 2.45) is 5.92 Å². The molecule has 11 heteroatoms. The molecule has 2 heterocycles. The Morgan fingerprint density at radius 1 is 1.29 bits per heavy atom. The third-order valence-electron chi connectivity index (χ3n) is 5.87. The van der Waals surface area contributed by atoms with E-state index in [4.69, 9.17) is 9.47 Å². The lowest BCUT2D eigenvalue weighted by molar-refractivity contribution is -0.147. The van der Waals surface area contributed by atoms with E-state index in [1.165, 1.54) is 11.8 Å². The van der Waals surface area contributed by atoms with Crippen LogP contribution in [0.25, 0.3) is 0 Å². The second kappa shape index (κ2) is 13.3. The monoisotopic (exact) mass is 503 g/mol. The molecule has 2 saturated heterocycles. The van der Waals surface area contributed by atoms with Crippen molar-refractivity contribution in [1.82, 2.24) is 9.80 Å². The lowest BCUT2D eigenvalue weighted by Crippen LogP contribution is -2.41. The Balaban J connectivity index is 1.53. The zero-order valence-electron chi connectivity index (χ0n) is 20.2. The summed E-state index contributed by atoms with van der Waals surface area (Å²) in [7, 11) is 0. The minimum atomic E-state index is -1.04. The highest BCUT2D eigenvalue weighted by atomic mass is 32.2. The molecule has 10 nitrogen and oxygen atoms in total. The fourth-order valence-corrected chi connectivity index (χ4v) is 5.53. The molecule has 2 amide bonds. The summed E-state index contributed by atoms with van der Waals surface area (Å²) in [5.74, 6) is -1.82. The lowest BCUT2D eigenvalue weighted by atomic mass is 10.1. The van der Waals surface area contributed by atoms with Crippen LogP contribution >= 0.6 is 11.8 Å². The largest absolute Gasteiger partial charge is 0.465 e. The zero-order valence-corrected chi connectivity index (χ0v) is 21.0. The number of nitrogens with one attached hydrogen (secondary N) is 2. The Morgan fingerprint density at radius 3 is 2.71 bits per heavy atom. The van der Waals surface area contributed by atoms with Crippen LogP contribution in [0.1, 0.15) is 20.3 Å². The molecule has 0 bridgehead atoms. The van der Waals surface area contributed by atoms with Crippen LogP contribution in [-0.2, 0) is 23.9 Å². The predicted octanol–water partition coefficient (Wildman–Crippen LogP) is 1.75. The van der Waals surface area contributed by atoms with Gasteiger partial charge in [-0.3, -0.25) is 19.3 Å². The van der Waals surface area contributed by atoms with Crippen molar-refractivity contribution >= 4 is 40.9 Å². The SMILES string of the molecule is CCOC(=O)C(C#N)C1SC(CNc2cccc(NC(=O)CCN3CCOCC3)c2)C(=O)N1CC. The summed E-state index contributed by atoms with van der Waals surface area (Å²) >= 11 is 1.30. The first kappa shape index (κ1) is 26.8. The standard InChI is InChI=1S/C24H33N5O5S/c1-3-29-22(31)20(35-23(29)19(15-25)24(32)34-4-2)16-26-17-6-5-7-18(14-17)27-21(30)8-9-28-10-12-33-13-11-28/h5-7,14,19-20,23,26H,3-4,8-13,16H2,1-2H3,(H,27,30). The van der Waals surface area contributed by atoms with Crippen LogP contribution in [0.15, 0.2) is 24.3 Å². The quantitative estimate of drug-likeness (QED) is 0.435. The molecule has 190 valence electrons. The maximum atomic E-state index is 12.9. The number of thioether (sulfide) groups is 1. The average molecular weight is 504 g/mol. The molecule has 0 spiro atoms.